The van der Waals surface area contributed by atoms with E-state index < -0.39 is 97.5 Å². The van der Waals surface area contributed by atoms with Gasteiger partial charge in [-0.1, -0.05) is 351 Å². The van der Waals surface area contributed by atoms with Crippen LogP contribution in [0.3, 0.4) is 0 Å². The fourth-order valence-electron chi connectivity index (χ4n) is 12.1. The highest BCUT2D eigenvalue weighted by molar-refractivity contribution is 7.47. The van der Waals surface area contributed by atoms with Gasteiger partial charge in [-0.05, 0) is 49.4 Å². The third-order valence-electron chi connectivity index (χ3n) is 18.3. The van der Waals surface area contributed by atoms with E-state index >= 15 is 0 Å². The molecule has 19 heteroatoms. The van der Waals surface area contributed by atoms with Crippen LogP contribution in [0.5, 0.6) is 0 Å². The standard InChI is InChI=1S/C79H154O17P2/c1-69(2)55-47-39-31-24-19-15-11-9-13-17-21-27-35-43-51-59-76(81)89-65-74(96-79(84)62-54-46-37-29-23-26-33-41-49-57-71(5)6)67-93-97(85,86)91-63-73(80)64-92-98(87,88)94-68-75(66-90-77(82)60-52-44-38-30-34-42-50-58-72(7)8)95-78(83)61-53-45-36-28-22-18-14-10-12-16-20-25-32-40-48-56-70(3)4/h69-75,80H,9-68H2,1-8H3,(H,85,86)(H,87,88)/t73?,74-,75-/m1/s1. The summed E-state index contributed by atoms with van der Waals surface area (Å²) in [6, 6.07) is 0. The minimum atomic E-state index is -4.96. The highest BCUT2D eigenvalue weighted by Gasteiger charge is 2.30. The Labute approximate surface area is 600 Å². The van der Waals surface area contributed by atoms with Gasteiger partial charge in [-0.3, -0.25) is 37.3 Å². The van der Waals surface area contributed by atoms with Crippen LogP contribution in [-0.2, 0) is 65.4 Å². The Balaban J connectivity index is 5.20. The third kappa shape index (κ3) is 72.4. The molecule has 0 spiro atoms. The van der Waals surface area contributed by atoms with E-state index in [4.69, 9.17) is 37.0 Å². The molecule has 0 radical (unpaired) electrons. The van der Waals surface area contributed by atoms with E-state index in [9.17, 15) is 43.2 Å². The van der Waals surface area contributed by atoms with E-state index in [1.807, 2.05) is 0 Å². The lowest BCUT2D eigenvalue weighted by Gasteiger charge is -2.21. The van der Waals surface area contributed by atoms with Crippen LogP contribution >= 0.6 is 15.6 Å². The number of phosphoric acid groups is 2. The van der Waals surface area contributed by atoms with Gasteiger partial charge in [0.25, 0.3) is 0 Å². The van der Waals surface area contributed by atoms with Crippen LogP contribution in [0.2, 0.25) is 0 Å². The molecule has 582 valence electrons. The predicted molar refractivity (Wildman–Crippen MR) is 400 cm³/mol. The normalized spacial score (nSPS) is 14.1. The molecule has 0 aliphatic heterocycles. The number of aliphatic hydroxyl groups excluding tert-OH is 1. The molecule has 0 bridgehead atoms. The van der Waals surface area contributed by atoms with Crippen molar-refractivity contribution in [3.05, 3.63) is 0 Å². The van der Waals surface area contributed by atoms with Crippen molar-refractivity contribution in [1.82, 2.24) is 0 Å². The van der Waals surface area contributed by atoms with Crippen LogP contribution in [0.15, 0.2) is 0 Å². The van der Waals surface area contributed by atoms with E-state index in [2.05, 4.69) is 55.4 Å². The summed E-state index contributed by atoms with van der Waals surface area (Å²) in [6.07, 6.45) is 54.2. The zero-order chi connectivity index (χ0) is 72.4. The lowest BCUT2D eigenvalue weighted by Crippen LogP contribution is -2.30. The van der Waals surface area contributed by atoms with Gasteiger partial charge in [0.05, 0.1) is 26.4 Å². The molecule has 0 rings (SSSR count). The Morgan fingerprint density at radius 3 is 0.633 bits per heavy atom. The summed E-state index contributed by atoms with van der Waals surface area (Å²) in [5.74, 6) is 0.932. The second-order valence-electron chi connectivity index (χ2n) is 30.4. The number of hydrogen-bond acceptors (Lipinski definition) is 15. The molecule has 0 aromatic rings. The van der Waals surface area contributed by atoms with E-state index in [-0.39, 0.29) is 25.7 Å². The first-order valence-electron chi connectivity index (χ1n) is 40.7. The zero-order valence-corrected chi connectivity index (χ0v) is 66.2. The summed E-state index contributed by atoms with van der Waals surface area (Å²) in [6.45, 7) is 14.2. The molecule has 0 heterocycles. The van der Waals surface area contributed by atoms with Crippen molar-refractivity contribution >= 4 is 39.5 Å². The first-order valence-corrected chi connectivity index (χ1v) is 43.7. The number of carbonyl (C=O) groups excluding carboxylic acids is 4. The summed E-state index contributed by atoms with van der Waals surface area (Å²) in [7, 11) is -9.92. The van der Waals surface area contributed by atoms with Crippen LogP contribution in [0, 0.1) is 23.7 Å². The van der Waals surface area contributed by atoms with Gasteiger partial charge in [-0.25, -0.2) is 9.13 Å². The van der Waals surface area contributed by atoms with Crippen molar-refractivity contribution in [2.24, 2.45) is 23.7 Å². The van der Waals surface area contributed by atoms with Crippen molar-refractivity contribution in [2.45, 2.75) is 420 Å². The molecular weight excluding hydrogens is 1280 g/mol. The molecule has 0 aliphatic rings. The highest BCUT2D eigenvalue weighted by Crippen LogP contribution is 2.45. The summed E-state index contributed by atoms with van der Waals surface area (Å²) in [5.41, 5.74) is 0. The average molecular weight is 1440 g/mol. The van der Waals surface area contributed by atoms with Gasteiger partial charge in [0.2, 0.25) is 0 Å². The number of rotatable bonds is 76. The van der Waals surface area contributed by atoms with Crippen LogP contribution in [0.1, 0.15) is 402 Å². The van der Waals surface area contributed by atoms with Gasteiger partial charge < -0.3 is 33.8 Å². The maximum atomic E-state index is 13.1. The Bertz CT molecular complexity index is 1920. The first-order chi connectivity index (χ1) is 47.1. The summed E-state index contributed by atoms with van der Waals surface area (Å²) in [4.78, 5) is 72.9. The molecular formula is C79H154O17P2. The van der Waals surface area contributed by atoms with Gasteiger partial charge in [0.1, 0.15) is 19.3 Å². The van der Waals surface area contributed by atoms with Gasteiger partial charge in [0, 0.05) is 25.7 Å². The topological polar surface area (TPSA) is 237 Å². The maximum Gasteiger partial charge on any atom is 0.472 e. The molecule has 0 aromatic heterocycles. The summed E-state index contributed by atoms with van der Waals surface area (Å²) < 4.78 is 68.6. The molecule has 0 aromatic carbocycles. The number of esters is 4. The number of phosphoric ester groups is 2. The first kappa shape index (κ1) is 96.1. The zero-order valence-electron chi connectivity index (χ0n) is 64.4. The Morgan fingerprint density at radius 1 is 0.255 bits per heavy atom. The quantitative estimate of drug-likeness (QED) is 0.0222. The minimum absolute atomic E-state index is 0.105. The van der Waals surface area contributed by atoms with Crippen LogP contribution < -0.4 is 0 Å². The van der Waals surface area contributed by atoms with Crippen molar-refractivity contribution in [3.8, 4) is 0 Å². The highest BCUT2D eigenvalue weighted by atomic mass is 31.2. The number of unbranched alkanes of at least 4 members (excludes halogenated alkanes) is 42. The van der Waals surface area contributed by atoms with E-state index in [0.29, 0.717) is 31.6 Å². The molecule has 0 saturated carbocycles. The second-order valence-corrected chi connectivity index (χ2v) is 33.3. The molecule has 0 saturated heterocycles. The van der Waals surface area contributed by atoms with E-state index in [0.717, 1.165) is 114 Å². The molecule has 98 heavy (non-hydrogen) atoms. The number of hydrogen-bond donors (Lipinski definition) is 3. The molecule has 3 unspecified atom stereocenters. The SMILES string of the molecule is CC(C)CCCCCCCCCCCCCCCCCC(=O)OC[C@H](COP(=O)(O)OCC(O)COP(=O)(O)OC[C@@H](COC(=O)CCCCCCCCCC(C)C)OC(=O)CCCCCCCCCCCCCCCCCC(C)C)OC(=O)CCCCCCCCCCCC(C)C. The van der Waals surface area contributed by atoms with Crippen molar-refractivity contribution in [3.63, 3.8) is 0 Å². The fourth-order valence-corrected chi connectivity index (χ4v) is 13.7. The van der Waals surface area contributed by atoms with E-state index in [1.54, 1.807) is 0 Å². The van der Waals surface area contributed by atoms with Crippen LogP contribution in [0.25, 0.3) is 0 Å². The third-order valence-corrected chi connectivity index (χ3v) is 20.2. The smallest absolute Gasteiger partial charge is 0.462 e. The van der Waals surface area contributed by atoms with Gasteiger partial charge in [-0.15, -0.1) is 0 Å². The Hall–Kier alpha value is -1.94. The van der Waals surface area contributed by atoms with Gasteiger partial charge in [-0.2, -0.15) is 0 Å². The number of ether oxygens (including phenoxy) is 4. The fraction of sp³-hybridized carbons (Fsp3) is 0.949. The average Bonchev–Trinajstić information content (AvgIpc) is 1.27. The molecule has 17 nitrogen and oxygen atoms in total. The molecule has 0 amide bonds. The molecule has 5 atom stereocenters. The van der Waals surface area contributed by atoms with Crippen LogP contribution in [-0.4, -0.2) is 96.7 Å². The molecule has 3 N–H and O–H groups in total. The van der Waals surface area contributed by atoms with Crippen LogP contribution in [0.4, 0.5) is 0 Å². The lowest BCUT2D eigenvalue weighted by atomic mass is 10.0. The Morgan fingerprint density at radius 2 is 0.429 bits per heavy atom. The number of aliphatic hydroxyl groups is 1. The summed E-state index contributed by atoms with van der Waals surface area (Å²) >= 11 is 0. The Kier molecular flexibility index (Phi) is 66.8. The maximum absolute atomic E-state index is 13.1. The lowest BCUT2D eigenvalue weighted by molar-refractivity contribution is -0.161. The second kappa shape index (κ2) is 68.2. The van der Waals surface area contributed by atoms with Crippen molar-refractivity contribution in [2.75, 3.05) is 39.6 Å². The van der Waals surface area contributed by atoms with Gasteiger partial charge in [0.15, 0.2) is 12.2 Å². The van der Waals surface area contributed by atoms with Crippen molar-refractivity contribution in [1.29, 1.82) is 0 Å². The number of carbonyl (C=O) groups is 4. The van der Waals surface area contributed by atoms with Gasteiger partial charge >= 0.3 is 39.5 Å². The largest absolute Gasteiger partial charge is 0.472 e. The summed E-state index contributed by atoms with van der Waals surface area (Å²) in [5, 5.41) is 10.6. The predicted octanol–water partition coefficient (Wildman–Crippen LogP) is 23.2. The molecule has 0 fully saturated rings. The van der Waals surface area contributed by atoms with E-state index in [1.165, 1.54) is 199 Å². The van der Waals surface area contributed by atoms with Crippen molar-refractivity contribution < 1.29 is 80.2 Å². The molecule has 0 aliphatic carbocycles. The minimum Gasteiger partial charge on any atom is -0.462 e. The monoisotopic (exact) mass is 1440 g/mol.